The molecule has 1 aromatic heterocycles. The lowest BCUT2D eigenvalue weighted by molar-refractivity contribution is -0.138. The number of para-hydroxylation sites is 1. The normalized spacial score (nSPS) is 10.1. The van der Waals surface area contributed by atoms with Gasteiger partial charge in [0.15, 0.2) is 11.9 Å². The van der Waals surface area contributed by atoms with E-state index < -0.39 is 42.8 Å². The third-order valence-electron chi connectivity index (χ3n) is 4.96. The van der Waals surface area contributed by atoms with E-state index in [1.54, 1.807) is 0 Å². The number of guanidine groups is 2. The molecule has 2 rings (SSSR count). The predicted octanol–water partition coefficient (Wildman–Crippen LogP) is -1.03. The molecule has 1 heterocycles. The summed E-state index contributed by atoms with van der Waals surface area (Å²) in [7, 11) is 0. The number of nitrogens with two attached hydrogens (primary N) is 5. The summed E-state index contributed by atoms with van der Waals surface area (Å²) in [5, 5.41) is 16.5. The van der Waals surface area contributed by atoms with Gasteiger partial charge in [-0.15, -0.1) is 0 Å². The van der Waals surface area contributed by atoms with Gasteiger partial charge in [-0.2, -0.15) is 0 Å². The Kier molecular flexibility index (Phi) is 23.3. The van der Waals surface area contributed by atoms with E-state index in [1.165, 1.54) is 16.5 Å². The molecule has 0 fully saturated rings. The average Bonchev–Trinajstić information content (AvgIpc) is 3.37. The Morgan fingerprint density at radius 3 is 2.05 bits per heavy atom. The van der Waals surface area contributed by atoms with Crippen LogP contribution in [0.15, 0.2) is 40.4 Å². The Balaban J connectivity index is 0. The van der Waals surface area contributed by atoms with Gasteiger partial charge in [-0.3, -0.25) is 29.2 Å². The van der Waals surface area contributed by atoms with Crippen molar-refractivity contribution in [2.45, 2.75) is 53.0 Å². The van der Waals surface area contributed by atoms with E-state index in [0.29, 0.717) is 6.42 Å². The van der Waals surface area contributed by atoms with Gasteiger partial charge in [0.05, 0.1) is 13.1 Å². The van der Waals surface area contributed by atoms with Gasteiger partial charge >= 0.3 is 5.97 Å². The van der Waals surface area contributed by atoms with Crippen LogP contribution in [0.1, 0.15) is 45.6 Å². The molecule has 1 unspecified atom stereocenters. The Labute approximate surface area is 252 Å². The number of H-pyrrole nitrogens is 1. The molecule has 0 aliphatic rings. The van der Waals surface area contributed by atoms with Crippen LogP contribution in [0.3, 0.4) is 0 Å². The second-order valence-corrected chi connectivity index (χ2v) is 8.49. The number of nitrogens with zero attached hydrogens (tertiary/aromatic N) is 2. The minimum atomic E-state index is -1.21. The number of carbonyl (C=O) groups is 4. The van der Waals surface area contributed by atoms with Crippen LogP contribution in [0.5, 0.6) is 0 Å². The predicted molar refractivity (Wildman–Crippen MR) is 170 cm³/mol. The fraction of sp³-hybridized carbons (Fsp3) is 0.481. The number of fused-ring (bicyclic) bond motifs is 1. The lowest BCUT2D eigenvalue weighted by atomic mass is 10.1. The standard InChI is InChI=1S/C12H23N7O5.C9H9N.C4H11N3.C2H6/c13-4-8(20)19-7(2-1-3-16-12(14)15)11(24)18-5-9(21)17-6-10(22)23;1-7-6-10-9-5-3-2-4-8(7)9;1-2-3-7-4(5)6;1-2/h7H,1-6,13H2,(H,17,21)(H,18,24)(H,19,20)(H,22,23)(H4,14,15,16);2-6,10H,1H3;2-3H2,1H3,(H4,5,6,7);1-2H3. The van der Waals surface area contributed by atoms with Gasteiger partial charge in [0, 0.05) is 30.2 Å². The van der Waals surface area contributed by atoms with Crippen molar-refractivity contribution in [1.82, 2.24) is 20.9 Å². The van der Waals surface area contributed by atoms with E-state index in [1.807, 2.05) is 33.0 Å². The maximum absolute atomic E-state index is 12.0. The molecule has 3 amide bonds. The summed E-state index contributed by atoms with van der Waals surface area (Å²) >= 11 is 0. The first-order valence-electron chi connectivity index (χ1n) is 13.8. The van der Waals surface area contributed by atoms with E-state index in [4.69, 9.17) is 33.8 Å². The molecule has 16 nitrogen and oxygen atoms in total. The number of amides is 3. The topological polar surface area (TPSA) is 295 Å². The zero-order valence-corrected chi connectivity index (χ0v) is 25.5. The van der Waals surface area contributed by atoms with Crippen molar-refractivity contribution < 1.29 is 24.3 Å². The molecule has 0 bridgehead atoms. The summed E-state index contributed by atoms with van der Waals surface area (Å²) in [6, 6.07) is 7.40. The zero-order valence-electron chi connectivity index (χ0n) is 25.5. The van der Waals surface area contributed by atoms with Crippen molar-refractivity contribution >= 4 is 46.5 Å². The summed E-state index contributed by atoms with van der Waals surface area (Å²) < 4.78 is 0. The number of benzene rings is 1. The lowest BCUT2D eigenvalue weighted by Gasteiger charge is -2.17. The van der Waals surface area contributed by atoms with Crippen LogP contribution < -0.4 is 44.6 Å². The Morgan fingerprint density at radius 1 is 0.930 bits per heavy atom. The van der Waals surface area contributed by atoms with Crippen LogP contribution in [0.25, 0.3) is 10.9 Å². The maximum Gasteiger partial charge on any atom is 0.322 e. The minimum Gasteiger partial charge on any atom is -0.480 e. The van der Waals surface area contributed by atoms with E-state index in [9.17, 15) is 19.2 Å². The number of carboxylic acid groups (broad SMARTS) is 1. The molecule has 0 aliphatic heterocycles. The average molecular weight is 608 g/mol. The van der Waals surface area contributed by atoms with Gasteiger partial charge in [-0.1, -0.05) is 39.0 Å². The van der Waals surface area contributed by atoms with Crippen molar-refractivity contribution in [2.24, 2.45) is 38.7 Å². The number of nitrogens with one attached hydrogen (secondary N) is 4. The molecule has 1 aromatic carbocycles. The Bertz CT molecular complexity index is 1160. The number of carbonyl (C=O) groups excluding carboxylic acids is 3. The van der Waals surface area contributed by atoms with E-state index in [0.717, 1.165) is 13.0 Å². The summed E-state index contributed by atoms with van der Waals surface area (Å²) in [6.45, 7) is 7.86. The van der Waals surface area contributed by atoms with Crippen molar-refractivity contribution in [1.29, 1.82) is 0 Å². The van der Waals surface area contributed by atoms with Crippen LogP contribution in [0.2, 0.25) is 0 Å². The number of aliphatic carboxylic acids is 1. The second kappa shape index (κ2) is 24.9. The summed E-state index contributed by atoms with van der Waals surface area (Å²) in [5.74, 6) is -2.92. The van der Waals surface area contributed by atoms with Crippen LogP contribution in [-0.2, 0) is 19.2 Å². The summed E-state index contributed by atoms with van der Waals surface area (Å²) in [4.78, 5) is 55.7. The molecule has 16 heteroatoms. The van der Waals surface area contributed by atoms with Crippen molar-refractivity contribution in [3.63, 3.8) is 0 Å². The number of hydrogen-bond donors (Lipinski definition) is 10. The number of aromatic amines is 1. The molecule has 1 atom stereocenters. The maximum atomic E-state index is 12.0. The SMILES string of the molecule is CC.CCCN=C(N)N.Cc1c[nH]c2ccccc12.NCC(=O)NC(CCCN=C(N)N)C(=O)NCC(=O)NCC(=O)O. The smallest absolute Gasteiger partial charge is 0.322 e. The highest BCUT2D eigenvalue weighted by Gasteiger charge is 2.20. The quantitative estimate of drug-likeness (QED) is 0.0750. The first kappa shape index (κ1) is 40.3. The second-order valence-electron chi connectivity index (χ2n) is 8.49. The molecule has 15 N–H and O–H groups in total. The highest BCUT2D eigenvalue weighted by atomic mass is 16.4. The van der Waals surface area contributed by atoms with Crippen LogP contribution in [-0.4, -0.2) is 84.5 Å². The molecule has 0 aliphatic carbocycles. The Hall–Kier alpha value is -4.86. The number of aromatic nitrogens is 1. The molecule has 0 spiro atoms. The minimum absolute atomic E-state index is 0.0860. The number of aryl methyl sites for hydroxylation is 1. The molecular formula is C27H49N11O5. The van der Waals surface area contributed by atoms with Crippen LogP contribution in [0, 0.1) is 6.92 Å². The van der Waals surface area contributed by atoms with Crippen molar-refractivity contribution in [2.75, 3.05) is 32.7 Å². The first-order valence-corrected chi connectivity index (χ1v) is 13.8. The largest absolute Gasteiger partial charge is 0.480 e. The molecule has 2 aromatic rings. The summed E-state index contributed by atoms with van der Waals surface area (Å²) in [6.07, 6.45) is 3.67. The van der Waals surface area contributed by atoms with Crippen LogP contribution >= 0.6 is 0 Å². The summed E-state index contributed by atoms with van der Waals surface area (Å²) in [5.41, 5.74) is 28.1. The number of carboxylic acids is 1. The van der Waals surface area contributed by atoms with Crippen molar-refractivity contribution in [3.05, 3.63) is 36.0 Å². The van der Waals surface area contributed by atoms with Crippen molar-refractivity contribution in [3.8, 4) is 0 Å². The fourth-order valence-corrected chi connectivity index (χ4v) is 3.01. The van der Waals surface area contributed by atoms with E-state index in [2.05, 4.69) is 56.0 Å². The van der Waals surface area contributed by atoms with E-state index >= 15 is 0 Å². The monoisotopic (exact) mass is 607 g/mol. The first-order chi connectivity index (χ1) is 20.4. The molecule has 0 saturated carbocycles. The van der Waals surface area contributed by atoms with Gasteiger partial charge in [0.2, 0.25) is 17.7 Å². The third-order valence-corrected chi connectivity index (χ3v) is 4.96. The fourth-order valence-electron chi connectivity index (χ4n) is 3.01. The van der Waals surface area contributed by atoms with Gasteiger partial charge in [-0.05, 0) is 37.8 Å². The van der Waals surface area contributed by atoms with Crippen LogP contribution in [0.4, 0.5) is 0 Å². The number of hydrogen-bond acceptors (Lipinski definition) is 7. The highest BCUT2D eigenvalue weighted by molar-refractivity contribution is 5.91. The van der Waals surface area contributed by atoms with Gasteiger partial charge in [0.1, 0.15) is 12.6 Å². The molecule has 0 radical (unpaired) electrons. The molecular weight excluding hydrogens is 558 g/mol. The van der Waals surface area contributed by atoms with Gasteiger partial charge in [-0.25, -0.2) is 0 Å². The third kappa shape index (κ3) is 21.5. The van der Waals surface area contributed by atoms with Gasteiger partial charge in [0.25, 0.3) is 0 Å². The molecule has 0 saturated heterocycles. The highest BCUT2D eigenvalue weighted by Crippen LogP contribution is 2.15. The zero-order chi connectivity index (χ0) is 33.2. The number of aliphatic imine (C=N–C) groups is 2. The lowest BCUT2D eigenvalue weighted by Crippen LogP contribution is -2.50. The molecule has 242 valence electrons. The Morgan fingerprint density at radius 2 is 1.53 bits per heavy atom. The number of rotatable bonds is 13. The van der Waals surface area contributed by atoms with E-state index in [-0.39, 0.29) is 31.4 Å². The van der Waals surface area contributed by atoms with Gasteiger partial charge < -0.3 is 54.7 Å². The molecule has 43 heavy (non-hydrogen) atoms.